The van der Waals surface area contributed by atoms with Gasteiger partial charge in [-0.25, -0.2) is 0 Å². The highest BCUT2D eigenvalue weighted by Gasteiger charge is 2.25. The molecule has 0 fully saturated rings. The molecule has 0 saturated heterocycles. The van der Waals surface area contributed by atoms with Crippen LogP contribution in [0.25, 0.3) is 11.8 Å². The van der Waals surface area contributed by atoms with Crippen molar-refractivity contribution in [3.8, 4) is 23.0 Å². The van der Waals surface area contributed by atoms with Crippen molar-refractivity contribution >= 4 is 29.3 Å². The summed E-state index contributed by atoms with van der Waals surface area (Å²) < 4.78 is 22.2. The van der Waals surface area contributed by atoms with Gasteiger partial charge in [0.15, 0.2) is 23.0 Å². The van der Waals surface area contributed by atoms with Crippen molar-refractivity contribution in [1.29, 1.82) is 0 Å². The van der Waals surface area contributed by atoms with E-state index in [2.05, 4.69) is 6.58 Å². The van der Waals surface area contributed by atoms with E-state index in [4.69, 9.17) is 30.5 Å². The summed E-state index contributed by atoms with van der Waals surface area (Å²) >= 11 is 6.43. The van der Waals surface area contributed by atoms with Crippen LogP contribution in [0.2, 0.25) is 5.02 Å². The number of methoxy groups -OCH3 is 2. The number of rotatable bonds is 9. The second kappa shape index (κ2) is 11.1. The van der Waals surface area contributed by atoms with E-state index in [0.29, 0.717) is 59.9 Å². The van der Waals surface area contributed by atoms with Crippen molar-refractivity contribution in [2.24, 2.45) is 0 Å². The molecule has 0 unspecified atom stereocenters. The van der Waals surface area contributed by atoms with Gasteiger partial charge in [-0.1, -0.05) is 25.1 Å². The molecule has 1 heterocycles. The lowest BCUT2D eigenvalue weighted by Crippen LogP contribution is -2.33. The van der Waals surface area contributed by atoms with Crippen LogP contribution in [-0.4, -0.2) is 44.8 Å². The summed E-state index contributed by atoms with van der Waals surface area (Å²) in [5.74, 6) is 2.18. The summed E-state index contributed by atoms with van der Waals surface area (Å²) in [4.78, 5) is 14.7. The molecule has 176 valence electrons. The molecule has 0 saturated carbocycles. The van der Waals surface area contributed by atoms with Gasteiger partial charge in [-0.05, 0) is 61.2 Å². The lowest BCUT2D eigenvalue weighted by Gasteiger charge is -2.31. The number of carbonyl (C=O) groups excluding carboxylic acids is 1. The summed E-state index contributed by atoms with van der Waals surface area (Å²) in [7, 11) is 3.19. The lowest BCUT2D eigenvalue weighted by molar-refractivity contribution is -0.123. The van der Waals surface area contributed by atoms with Crippen LogP contribution >= 0.6 is 11.6 Å². The topological polar surface area (TPSA) is 57.2 Å². The molecule has 1 aliphatic heterocycles. The molecule has 33 heavy (non-hydrogen) atoms. The van der Waals surface area contributed by atoms with Gasteiger partial charge in [0.1, 0.15) is 0 Å². The Morgan fingerprint density at radius 3 is 2.48 bits per heavy atom. The van der Waals surface area contributed by atoms with Gasteiger partial charge in [0, 0.05) is 23.9 Å². The Morgan fingerprint density at radius 2 is 1.82 bits per heavy atom. The van der Waals surface area contributed by atoms with Crippen LogP contribution in [0.5, 0.6) is 23.0 Å². The number of carbonyl (C=O) groups is 1. The fourth-order valence-corrected chi connectivity index (χ4v) is 3.97. The summed E-state index contributed by atoms with van der Waals surface area (Å²) in [6.07, 6.45) is 4.79. The predicted octanol–water partition coefficient (Wildman–Crippen LogP) is 5.61. The van der Waals surface area contributed by atoms with Crippen LogP contribution in [0.3, 0.4) is 0 Å². The Balaban J connectivity index is 1.81. The molecule has 0 aliphatic carbocycles. The molecule has 0 N–H and O–H groups in total. The van der Waals surface area contributed by atoms with Crippen molar-refractivity contribution < 1.29 is 23.7 Å². The van der Waals surface area contributed by atoms with Crippen LogP contribution in [0.15, 0.2) is 36.9 Å². The van der Waals surface area contributed by atoms with Gasteiger partial charge in [-0.15, -0.1) is 0 Å². The molecule has 7 heteroatoms. The van der Waals surface area contributed by atoms with E-state index >= 15 is 0 Å². The first-order valence-corrected chi connectivity index (χ1v) is 11.3. The zero-order chi connectivity index (χ0) is 24.0. The first kappa shape index (κ1) is 24.5. The third-order valence-corrected chi connectivity index (χ3v) is 5.60. The number of hydrogen-bond acceptors (Lipinski definition) is 5. The van der Waals surface area contributed by atoms with E-state index in [1.165, 1.54) is 6.08 Å². The summed E-state index contributed by atoms with van der Waals surface area (Å²) in [6.45, 7) is 9.62. The molecule has 0 radical (unpaired) electrons. The van der Waals surface area contributed by atoms with Crippen LogP contribution in [0.4, 0.5) is 0 Å². The fraction of sp³-hybridized carbons (Fsp3) is 0.346. The molecule has 0 bridgehead atoms. The number of nitrogens with zero attached hydrogens (tertiary/aromatic N) is 1. The maximum absolute atomic E-state index is 13.0. The van der Waals surface area contributed by atoms with E-state index in [0.717, 1.165) is 23.1 Å². The minimum atomic E-state index is -0.166. The van der Waals surface area contributed by atoms with E-state index in [1.807, 2.05) is 32.0 Å². The van der Waals surface area contributed by atoms with Crippen LogP contribution in [0.1, 0.15) is 37.0 Å². The second-order valence-electron chi connectivity index (χ2n) is 7.50. The first-order chi connectivity index (χ1) is 15.9. The number of hydrogen-bond donors (Lipinski definition) is 0. The highest BCUT2D eigenvalue weighted by atomic mass is 35.5. The van der Waals surface area contributed by atoms with E-state index in [9.17, 15) is 4.79 Å². The van der Waals surface area contributed by atoms with Crippen LogP contribution in [0, 0.1) is 0 Å². The molecule has 2 aromatic rings. The molecule has 1 amide bonds. The Kier molecular flexibility index (Phi) is 8.28. The quantitative estimate of drug-likeness (QED) is 0.445. The SMILES string of the molecule is C=C1c2cc(OC)c(OC)cc2CCN1C(=O)/C=C/c1cc(Cl)c(OCCC)c(OCC)c1. The van der Waals surface area contributed by atoms with Gasteiger partial charge >= 0.3 is 0 Å². The first-order valence-electron chi connectivity index (χ1n) is 11.0. The third-order valence-electron chi connectivity index (χ3n) is 5.32. The monoisotopic (exact) mass is 471 g/mol. The normalized spacial score (nSPS) is 13.1. The minimum absolute atomic E-state index is 0.166. The molecule has 0 atom stereocenters. The van der Waals surface area contributed by atoms with Gasteiger partial charge in [0.25, 0.3) is 5.91 Å². The zero-order valence-electron chi connectivity index (χ0n) is 19.6. The molecule has 1 aliphatic rings. The summed E-state index contributed by atoms with van der Waals surface area (Å²) in [5.41, 5.74) is 3.32. The van der Waals surface area contributed by atoms with E-state index in [1.54, 1.807) is 31.3 Å². The molecule has 3 rings (SSSR count). The highest BCUT2D eigenvalue weighted by Crippen LogP contribution is 2.38. The fourth-order valence-electron chi connectivity index (χ4n) is 3.70. The predicted molar refractivity (Wildman–Crippen MR) is 131 cm³/mol. The van der Waals surface area contributed by atoms with Gasteiger partial charge < -0.3 is 23.8 Å². The van der Waals surface area contributed by atoms with Gasteiger partial charge in [-0.3, -0.25) is 4.79 Å². The van der Waals surface area contributed by atoms with Crippen molar-refractivity contribution in [2.75, 3.05) is 34.0 Å². The Morgan fingerprint density at radius 1 is 1.09 bits per heavy atom. The van der Waals surface area contributed by atoms with Crippen molar-refractivity contribution in [3.05, 3.63) is 58.6 Å². The number of halogens is 1. The third kappa shape index (κ3) is 5.45. The van der Waals surface area contributed by atoms with Gasteiger partial charge in [-0.2, -0.15) is 0 Å². The number of fused-ring (bicyclic) bond motifs is 1. The number of benzene rings is 2. The summed E-state index contributed by atoms with van der Waals surface area (Å²) in [6, 6.07) is 7.39. The number of amides is 1. The summed E-state index contributed by atoms with van der Waals surface area (Å²) in [5, 5.41) is 0.443. The van der Waals surface area contributed by atoms with E-state index in [-0.39, 0.29) is 5.91 Å². The highest BCUT2D eigenvalue weighted by molar-refractivity contribution is 6.32. The van der Waals surface area contributed by atoms with Gasteiger partial charge in [0.2, 0.25) is 0 Å². The average Bonchev–Trinajstić information content (AvgIpc) is 2.81. The molecule has 2 aromatic carbocycles. The van der Waals surface area contributed by atoms with Crippen molar-refractivity contribution in [3.63, 3.8) is 0 Å². The maximum atomic E-state index is 13.0. The Hall–Kier alpha value is -3.12. The average molecular weight is 472 g/mol. The Bertz CT molecular complexity index is 1060. The van der Waals surface area contributed by atoms with E-state index < -0.39 is 0 Å². The van der Waals surface area contributed by atoms with Gasteiger partial charge in [0.05, 0.1) is 32.5 Å². The zero-order valence-corrected chi connectivity index (χ0v) is 20.3. The largest absolute Gasteiger partial charge is 0.493 e. The van der Waals surface area contributed by atoms with Crippen molar-refractivity contribution in [2.45, 2.75) is 26.7 Å². The smallest absolute Gasteiger partial charge is 0.250 e. The Labute approximate surface area is 200 Å². The molecular weight excluding hydrogens is 442 g/mol. The number of ether oxygens (including phenoxy) is 4. The molecule has 6 nitrogen and oxygen atoms in total. The van der Waals surface area contributed by atoms with Crippen LogP contribution < -0.4 is 18.9 Å². The standard InChI is InChI=1S/C26H30ClNO5/c1-6-12-33-26-21(27)13-18(14-24(26)32-7-2)8-9-25(29)28-11-10-19-15-22(30-4)23(31-5)16-20(19)17(28)3/h8-9,13-16H,3,6-7,10-12H2,1-2,4-5H3/b9-8+. The van der Waals surface area contributed by atoms with Crippen LogP contribution in [-0.2, 0) is 11.2 Å². The van der Waals surface area contributed by atoms with Crippen molar-refractivity contribution in [1.82, 2.24) is 4.90 Å². The lowest BCUT2D eigenvalue weighted by atomic mass is 9.96. The second-order valence-corrected chi connectivity index (χ2v) is 7.90. The minimum Gasteiger partial charge on any atom is -0.493 e. The molecule has 0 spiro atoms. The molecule has 0 aromatic heterocycles. The maximum Gasteiger partial charge on any atom is 0.250 e. The molecular formula is C26H30ClNO5.